The van der Waals surface area contributed by atoms with Crippen LogP contribution in [0.3, 0.4) is 0 Å². The van der Waals surface area contributed by atoms with Crippen molar-refractivity contribution in [2.45, 2.75) is 57.5 Å². The van der Waals surface area contributed by atoms with Crippen LogP contribution in [0.2, 0.25) is 0 Å². The standard InChI is InChI=1S/C22H25N5/c1-2-6-16(7-3-1)22-24-12-17-14-27(11-10-19(17)26-22)15-18-13-23-20-8-4-5-9-21(20)25-18/h4-5,8-9,12-13,16H,1-3,6-7,10-11,14-15H2. The molecule has 2 aliphatic rings. The van der Waals surface area contributed by atoms with Gasteiger partial charge >= 0.3 is 0 Å². The highest BCUT2D eigenvalue weighted by atomic mass is 15.1. The van der Waals surface area contributed by atoms with Crippen LogP contribution in [0.1, 0.15) is 60.8 Å². The van der Waals surface area contributed by atoms with Gasteiger partial charge in [-0.25, -0.2) is 15.0 Å². The Hall–Kier alpha value is -2.40. The molecule has 0 N–H and O–H groups in total. The maximum absolute atomic E-state index is 4.95. The summed E-state index contributed by atoms with van der Waals surface area (Å²) in [4.78, 5) is 21.4. The smallest absolute Gasteiger partial charge is 0.131 e. The molecule has 0 atom stereocenters. The van der Waals surface area contributed by atoms with Gasteiger partial charge in [0, 0.05) is 49.4 Å². The molecule has 0 saturated heterocycles. The van der Waals surface area contributed by atoms with E-state index in [4.69, 9.17) is 15.0 Å². The highest BCUT2D eigenvalue weighted by Crippen LogP contribution is 2.31. The number of aromatic nitrogens is 4. The average Bonchev–Trinajstić information content (AvgIpc) is 2.74. The minimum absolute atomic E-state index is 0.579. The van der Waals surface area contributed by atoms with Crippen molar-refractivity contribution in [2.75, 3.05) is 6.54 Å². The van der Waals surface area contributed by atoms with Crippen LogP contribution in [-0.4, -0.2) is 31.4 Å². The van der Waals surface area contributed by atoms with Gasteiger partial charge in [0.15, 0.2) is 0 Å². The third-order valence-corrected chi connectivity index (χ3v) is 5.89. The Morgan fingerprint density at radius 3 is 2.67 bits per heavy atom. The first-order valence-electron chi connectivity index (χ1n) is 10.1. The maximum atomic E-state index is 4.95. The van der Waals surface area contributed by atoms with Gasteiger partial charge in [-0.2, -0.15) is 0 Å². The first-order valence-corrected chi connectivity index (χ1v) is 10.1. The van der Waals surface area contributed by atoms with Crippen molar-refractivity contribution in [1.29, 1.82) is 0 Å². The minimum atomic E-state index is 0.579. The zero-order valence-electron chi connectivity index (χ0n) is 15.6. The summed E-state index contributed by atoms with van der Waals surface area (Å²) in [5, 5.41) is 0. The van der Waals surface area contributed by atoms with Gasteiger partial charge in [-0.15, -0.1) is 0 Å². The van der Waals surface area contributed by atoms with Gasteiger partial charge in [-0.1, -0.05) is 31.4 Å². The largest absolute Gasteiger partial charge is 0.293 e. The second kappa shape index (κ2) is 7.31. The molecule has 0 unspecified atom stereocenters. The highest BCUT2D eigenvalue weighted by molar-refractivity contribution is 5.73. The molecule has 0 bridgehead atoms. The summed E-state index contributed by atoms with van der Waals surface area (Å²) >= 11 is 0. The maximum Gasteiger partial charge on any atom is 0.131 e. The number of benzene rings is 1. The van der Waals surface area contributed by atoms with Gasteiger partial charge < -0.3 is 0 Å². The van der Waals surface area contributed by atoms with E-state index in [0.717, 1.165) is 48.6 Å². The number of hydrogen-bond acceptors (Lipinski definition) is 5. The lowest BCUT2D eigenvalue weighted by Gasteiger charge is -2.28. The Bertz CT molecular complexity index is 948. The Labute approximate surface area is 159 Å². The topological polar surface area (TPSA) is 54.8 Å². The van der Waals surface area contributed by atoms with E-state index in [9.17, 15) is 0 Å². The molecule has 1 aromatic carbocycles. The second-order valence-corrected chi connectivity index (χ2v) is 7.85. The lowest BCUT2D eigenvalue weighted by Crippen LogP contribution is -2.31. The summed E-state index contributed by atoms with van der Waals surface area (Å²) in [6.45, 7) is 2.74. The van der Waals surface area contributed by atoms with Crippen LogP contribution < -0.4 is 0 Å². The van der Waals surface area contributed by atoms with E-state index in [1.807, 2.05) is 30.5 Å². The van der Waals surface area contributed by atoms with Crippen LogP contribution in [-0.2, 0) is 19.5 Å². The van der Waals surface area contributed by atoms with E-state index in [1.54, 1.807) is 0 Å². The summed E-state index contributed by atoms with van der Waals surface area (Å²) in [6, 6.07) is 8.04. The van der Waals surface area contributed by atoms with Crippen LogP contribution >= 0.6 is 0 Å². The third-order valence-electron chi connectivity index (χ3n) is 5.89. The normalized spacial score (nSPS) is 18.5. The van der Waals surface area contributed by atoms with E-state index in [2.05, 4.69) is 16.1 Å². The van der Waals surface area contributed by atoms with E-state index < -0.39 is 0 Å². The molecular weight excluding hydrogens is 334 g/mol. The van der Waals surface area contributed by atoms with Crippen molar-refractivity contribution in [3.05, 3.63) is 59.4 Å². The van der Waals surface area contributed by atoms with Crippen molar-refractivity contribution in [3.8, 4) is 0 Å². The number of rotatable bonds is 3. The molecule has 1 aliphatic heterocycles. The monoisotopic (exact) mass is 359 g/mol. The predicted octanol–water partition coefficient (Wildman–Crippen LogP) is 4.03. The number of para-hydroxylation sites is 2. The number of hydrogen-bond donors (Lipinski definition) is 0. The van der Waals surface area contributed by atoms with Crippen molar-refractivity contribution >= 4 is 11.0 Å². The lowest BCUT2D eigenvalue weighted by molar-refractivity contribution is 0.239. The molecule has 1 aliphatic carbocycles. The minimum Gasteiger partial charge on any atom is -0.293 e. The van der Waals surface area contributed by atoms with E-state index in [1.165, 1.54) is 43.4 Å². The molecule has 1 saturated carbocycles. The van der Waals surface area contributed by atoms with E-state index >= 15 is 0 Å². The molecular formula is C22H25N5. The summed E-state index contributed by atoms with van der Waals surface area (Å²) in [7, 11) is 0. The molecule has 1 fully saturated rings. The molecule has 0 spiro atoms. The Kier molecular flexibility index (Phi) is 4.54. The van der Waals surface area contributed by atoms with Crippen LogP contribution in [0.25, 0.3) is 11.0 Å². The van der Waals surface area contributed by atoms with Gasteiger partial charge in [0.05, 0.1) is 22.9 Å². The van der Waals surface area contributed by atoms with Crippen LogP contribution in [0.15, 0.2) is 36.7 Å². The van der Waals surface area contributed by atoms with Crippen molar-refractivity contribution < 1.29 is 0 Å². The van der Waals surface area contributed by atoms with E-state index in [-0.39, 0.29) is 0 Å². The van der Waals surface area contributed by atoms with Crippen molar-refractivity contribution in [2.24, 2.45) is 0 Å². The van der Waals surface area contributed by atoms with Crippen molar-refractivity contribution in [3.63, 3.8) is 0 Å². The SMILES string of the molecule is c1ccc2nc(CN3CCc4nc(C5CCCCC5)ncc4C3)cnc2c1. The highest BCUT2D eigenvalue weighted by Gasteiger charge is 2.23. The van der Waals surface area contributed by atoms with Gasteiger partial charge in [0.25, 0.3) is 0 Å². The fourth-order valence-corrected chi connectivity index (χ4v) is 4.38. The molecule has 5 rings (SSSR count). The van der Waals surface area contributed by atoms with Gasteiger partial charge in [-0.05, 0) is 25.0 Å². The number of fused-ring (bicyclic) bond motifs is 2. The van der Waals surface area contributed by atoms with Crippen LogP contribution in [0, 0.1) is 0 Å². The molecule has 0 amide bonds. The second-order valence-electron chi connectivity index (χ2n) is 7.85. The molecule has 2 aromatic heterocycles. The predicted molar refractivity (Wildman–Crippen MR) is 105 cm³/mol. The summed E-state index contributed by atoms with van der Waals surface area (Å²) in [5.41, 5.74) is 5.47. The quantitative estimate of drug-likeness (QED) is 0.707. The zero-order valence-corrected chi connectivity index (χ0v) is 15.6. The molecule has 0 radical (unpaired) electrons. The van der Waals surface area contributed by atoms with Gasteiger partial charge in [-0.3, -0.25) is 9.88 Å². The summed E-state index contributed by atoms with van der Waals surface area (Å²) < 4.78 is 0. The zero-order chi connectivity index (χ0) is 18.1. The first kappa shape index (κ1) is 16.8. The first-order chi connectivity index (χ1) is 13.3. The summed E-state index contributed by atoms with van der Waals surface area (Å²) in [6.07, 6.45) is 11.5. The van der Waals surface area contributed by atoms with Crippen molar-refractivity contribution in [1.82, 2.24) is 24.8 Å². The van der Waals surface area contributed by atoms with Crippen LogP contribution in [0.4, 0.5) is 0 Å². The Morgan fingerprint density at radius 2 is 1.78 bits per heavy atom. The Balaban J connectivity index is 1.30. The molecule has 5 nitrogen and oxygen atoms in total. The molecule has 27 heavy (non-hydrogen) atoms. The molecule has 3 heterocycles. The number of nitrogens with zero attached hydrogens (tertiary/aromatic N) is 5. The van der Waals surface area contributed by atoms with Crippen LogP contribution in [0.5, 0.6) is 0 Å². The fraction of sp³-hybridized carbons (Fsp3) is 0.455. The van der Waals surface area contributed by atoms with Gasteiger partial charge in [0.1, 0.15) is 5.82 Å². The molecule has 3 aromatic rings. The third kappa shape index (κ3) is 3.56. The lowest BCUT2D eigenvalue weighted by atomic mass is 9.88. The van der Waals surface area contributed by atoms with Gasteiger partial charge in [0.2, 0.25) is 0 Å². The molecule has 138 valence electrons. The van der Waals surface area contributed by atoms with E-state index in [0.29, 0.717) is 5.92 Å². The fourth-order valence-electron chi connectivity index (χ4n) is 4.38. The average molecular weight is 359 g/mol. The Morgan fingerprint density at radius 1 is 0.926 bits per heavy atom. The summed E-state index contributed by atoms with van der Waals surface area (Å²) in [5.74, 6) is 1.66. The molecule has 5 heteroatoms.